The van der Waals surface area contributed by atoms with Crippen molar-refractivity contribution in [3.05, 3.63) is 54.1 Å². The Morgan fingerprint density at radius 2 is 1.25 bits per heavy atom. The molecular formula is C29H42O3. The Morgan fingerprint density at radius 1 is 0.719 bits per heavy atom. The molecule has 0 saturated carbocycles. The second kappa shape index (κ2) is 15.5. The lowest BCUT2D eigenvalue weighted by Gasteiger charge is -2.14. The number of benzene rings is 2. The van der Waals surface area contributed by atoms with E-state index in [1.54, 1.807) is 0 Å². The average Bonchev–Trinajstić information content (AvgIpc) is 2.81. The van der Waals surface area contributed by atoms with Crippen molar-refractivity contribution in [2.24, 2.45) is 0 Å². The van der Waals surface area contributed by atoms with Crippen molar-refractivity contribution in [2.45, 2.75) is 97.5 Å². The predicted octanol–water partition coefficient (Wildman–Crippen LogP) is 8.67. The Bertz CT molecular complexity index is 749. The molecule has 0 saturated heterocycles. The van der Waals surface area contributed by atoms with Gasteiger partial charge in [-0.2, -0.15) is 0 Å². The minimum Gasteiger partial charge on any atom is -0.494 e. The van der Waals surface area contributed by atoms with Crippen LogP contribution in [-0.2, 0) is 9.53 Å². The monoisotopic (exact) mass is 438 g/mol. The summed E-state index contributed by atoms with van der Waals surface area (Å²) in [5, 5.41) is 0. The van der Waals surface area contributed by atoms with Crippen molar-refractivity contribution >= 4 is 5.97 Å². The second-order valence-corrected chi connectivity index (χ2v) is 8.71. The molecule has 0 bridgehead atoms. The Morgan fingerprint density at radius 3 is 1.81 bits per heavy atom. The molecule has 1 unspecified atom stereocenters. The molecule has 2 aromatic carbocycles. The van der Waals surface area contributed by atoms with E-state index in [0.29, 0.717) is 6.42 Å². The van der Waals surface area contributed by atoms with Crippen molar-refractivity contribution < 1.29 is 14.3 Å². The van der Waals surface area contributed by atoms with E-state index in [9.17, 15) is 4.79 Å². The van der Waals surface area contributed by atoms with Gasteiger partial charge in [0.05, 0.1) is 6.61 Å². The van der Waals surface area contributed by atoms with Crippen molar-refractivity contribution in [1.29, 1.82) is 0 Å². The molecule has 3 nitrogen and oxygen atoms in total. The summed E-state index contributed by atoms with van der Waals surface area (Å²) in [6.45, 7) is 6.96. The van der Waals surface area contributed by atoms with E-state index in [4.69, 9.17) is 9.47 Å². The maximum absolute atomic E-state index is 11.7. The lowest BCUT2D eigenvalue weighted by atomic mass is 10.0. The molecule has 2 rings (SSSR count). The van der Waals surface area contributed by atoms with Crippen LogP contribution < -0.4 is 4.74 Å². The zero-order chi connectivity index (χ0) is 23.0. The Balaban J connectivity index is 1.69. The Hall–Kier alpha value is -2.29. The molecule has 0 aromatic heterocycles. The van der Waals surface area contributed by atoms with Crippen LogP contribution in [0.5, 0.6) is 5.75 Å². The minimum atomic E-state index is -0.222. The molecule has 0 aliphatic heterocycles. The molecule has 0 spiro atoms. The zero-order valence-corrected chi connectivity index (χ0v) is 20.4. The van der Waals surface area contributed by atoms with Crippen molar-refractivity contribution in [3.63, 3.8) is 0 Å². The lowest BCUT2D eigenvalue weighted by molar-refractivity contribution is -0.148. The summed E-state index contributed by atoms with van der Waals surface area (Å²) in [4.78, 5) is 11.7. The van der Waals surface area contributed by atoms with Gasteiger partial charge in [-0.25, -0.2) is 0 Å². The van der Waals surface area contributed by atoms with E-state index in [-0.39, 0.29) is 12.1 Å². The summed E-state index contributed by atoms with van der Waals surface area (Å²) in [7, 11) is 0. The minimum absolute atomic E-state index is 0.137. The van der Waals surface area contributed by atoms with Gasteiger partial charge in [0.2, 0.25) is 0 Å². The molecule has 0 aliphatic carbocycles. The van der Waals surface area contributed by atoms with Crippen molar-refractivity contribution in [2.75, 3.05) is 6.61 Å². The first kappa shape index (κ1) is 26.0. The molecule has 0 amide bonds. The maximum Gasteiger partial charge on any atom is 0.306 e. The molecule has 3 heteroatoms. The molecule has 0 fully saturated rings. The van der Waals surface area contributed by atoms with Crippen LogP contribution in [0.4, 0.5) is 0 Å². The highest BCUT2D eigenvalue weighted by atomic mass is 16.5. The molecule has 1 atom stereocenters. The highest BCUT2D eigenvalue weighted by Gasteiger charge is 2.11. The van der Waals surface area contributed by atoms with Gasteiger partial charge in [-0.1, -0.05) is 102 Å². The first-order valence-electron chi connectivity index (χ1n) is 12.7. The van der Waals surface area contributed by atoms with Gasteiger partial charge in [0.1, 0.15) is 11.9 Å². The van der Waals surface area contributed by atoms with Gasteiger partial charge < -0.3 is 9.47 Å². The number of hydrogen-bond acceptors (Lipinski definition) is 3. The fourth-order valence-corrected chi connectivity index (χ4v) is 3.82. The van der Waals surface area contributed by atoms with E-state index >= 15 is 0 Å². The zero-order valence-electron chi connectivity index (χ0n) is 20.4. The fourth-order valence-electron chi connectivity index (χ4n) is 3.82. The van der Waals surface area contributed by atoms with Crippen LogP contribution in [0.15, 0.2) is 48.5 Å². The van der Waals surface area contributed by atoms with Gasteiger partial charge in [-0.05, 0) is 48.6 Å². The third-order valence-electron chi connectivity index (χ3n) is 5.85. The normalized spacial score (nSPS) is 11.8. The van der Waals surface area contributed by atoms with E-state index in [1.165, 1.54) is 51.4 Å². The van der Waals surface area contributed by atoms with Gasteiger partial charge in [-0.15, -0.1) is 0 Å². The molecule has 0 aliphatic rings. The number of unbranched alkanes of at least 4 members (excludes halogenated alkanes) is 8. The van der Waals surface area contributed by atoms with E-state index < -0.39 is 0 Å². The smallest absolute Gasteiger partial charge is 0.306 e. The van der Waals surface area contributed by atoms with Crippen LogP contribution in [0.25, 0.3) is 11.1 Å². The van der Waals surface area contributed by atoms with Gasteiger partial charge in [0.25, 0.3) is 0 Å². The SMILES string of the molecule is CCCCCCCCCCCOc1ccc(-c2ccc(C(C)OC(=O)CCC)cc2)cc1. The third kappa shape index (κ3) is 9.89. The third-order valence-corrected chi connectivity index (χ3v) is 5.85. The number of rotatable bonds is 16. The number of hydrogen-bond donors (Lipinski definition) is 0. The van der Waals surface area contributed by atoms with Gasteiger partial charge >= 0.3 is 5.97 Å². The Labute approximate surface area is 195 Å². The van der Waals surface area contributed by atoms with Gasteiger partial charge in [0, 0.05) is 6.42 Å². The molecule has 0 radical (unpaired) electrons. The topological polar surface area (TPSA) is 35.5 Å². The first-order chi connectivity index (χ1) is 15.6. The maximum atomic E-state index is 11.7. The predicted molar refractivity (Wildman–Crippen MR) is 134 cm³/mol. The average molecular weight is 439 g/mol. The van der Waals surface area contributed by atoms with Crippen LogP contribution in [-0.4, -0.2) is 12.6 Å². The number of ether oxygens (including phenoxy) is 2. The summed E-state index contributed by atoms with van der Waals surface area (Å²) in [6, 6.07) is 16.5. The van der Waals surface area contributed by atoms with Crippen LogP contribution in [0.1, 0.15) is 103 Å². The molecular weight excluding hydrogens is 396 g/mol. The summed E-state index contributed by atoms with van der Waals surface area (Å²) in [6.07, 6.45) is 13.0. The molecule has 176 valence electrons. The fraction of sp³-hybridized carbons (Fsp3) is 0.552. The summed E-state index contributed by atoms with van der Waals surface area (Å²) in [5.41, 5.74) is 3.31. The van der Waals surface area contributed by atoms with Crippen LogP contribution >= 0.6 is 0 Å². The number of carbonyl (C=O) groups excluding carboxylic acids is 1. The molecule has 0 N–H and O–H groups in total. The quantitative estimate of drug-likeness (QED) is 0.194. The summed E-state index contributed by atoms with van der Waals surface area (Å²) < 4.78 is 11.4. The highest BCUT2D eigenvalue weighted by molar-refractivity contribution is 5.69. The molecule has 32 heavy (non-hydrogen) atoms. The van der Waals surface area contributed by atoms with Crippen molar-refractivity contribution in [1.82, 2.24) is 0 Å². The first-order valence-corrected chi connectivity index (χ1v) is 12.7. The van der Waals surface area contributed by atoms with Crippen LogP contribution in [0.2, 0.25) is 0 Å². The van der Waals surface area contributed by atoms with E-state index in [0.717, 1.165) is 41.9 Å². The summed E-state index contributed by atoms with van der Waals surface area (Å²) in [5.74, 6) is 0.795. The number of carbonyl (C=O) groups is 1. The summed E-state index contributed by atoms with van der Waals surface area (Å²) >= 11 is 0. The van der Waals surface area contributed by atoms with Gasteiger partial charge in [-0.3, -0.25) is 4.79 Å². The Kier molecular flexibility index (Phi) is 12.6. The second-order valence-electron chi connectivity index (χ2n) is 8.71. The van der Waals surface area contributed by atoms with E-state index in [2.05, 4.69) is 31.2 Å². The molecule has 0 heterocycles. The molecule has 2 aromatic rings. The van der Waals surface area contributed by atoms with E-state index in [1.807, 2.05) is 38.1 Å². The number of esters is 1. The largest absolute Gasteiger partial charge is 0.494 e. The standard InChI is InChI=1S/C29H42O3/c1-4-6-7-8-9-10-11-12-13-23-31-28-21-19-27(20-22-28)26-17-15-25(16-18-26)24(3)32-29(30)14-5-2/h15-22,24H,4-14,23H2,1-3H3. The van der Waals surface area contributed by atoms with Crippen LogP contribution in [0, 0.1) is 0 Å². The lowest BCUT2D eigenvalue weighted by Crippen LogP contribution is -2.08. The van der Waals surface area contributed by atoms with Crippen LogP contribution in [0.3, 0.4) is 0 Å². The van der Waals surface area contributed by atoms with Gasteiger partial charge in [0.15, 0.2) is 0 Å². The van der Waals surface area contributed by atoms with Crippen molar-refractivity contribution in [3.8, 4) is 16.9 Å². The highest BCUT2D eigenvalue weighted by Crippen LogP contribution is 2.25.